The Morgan fingerprint density at radius 1 is 1.22 bits per heavy atom. The summed E-state index contributed by atoms with van der Waals surface area (Å²) in [5.41, 5.74) is 0. The van der Waals surface area contributed by atoms with Crippen molar-refractivity contribution >= 4 is 29.6 Å². The van der Waals surface area contributed by atoms with Gasteiger partial charge in [0.1, 0.15) is 12.1 Å². The van der Waals surface area contributed by atoms with Crippen LogP contribution in [0.25, 0.3) is 0 Å². The zero-order valence-corrected chi connectivity index (χ0v) is 11.4. The van der Waals surface area contributed by atoms with Crippen LogP contribution in [0.4, 0.5) is 0 Å². The first-order chi connectivity index (χ1) is 8.22. The van der Waals surface area contributed by atoms with Crippen molar-refractivity contribution in [1.82, 2.24) is 5.32 Å². The van der Waals surface area contributed by atoms with Gasteiger partial charge in [0.15, 0.2) is 0 Å². The minimum Gasteiger partial charge on any atom is -0.480 e. The lowest BCUT2D eigenvalue weighted by molar-refractivity contribution is -0.145. The maximum absolute atomic E-state index is 10.5. The van der Waals surface area contributed by atoms with Crippen LogP contribution in [-0.4, -0.2) is 57.3 Å². The van der Waals surface area contributed by atoms with Crippen molar-refractivity contribution in [3.8, 4) is 0 Å². The number of aliphatic hydroxyl groups excluding tert-OH is 1. The Morgan fingerprint density at radius 3 is 1.89 bits per heavy atom. The number of carbonyl (C=O) groups excluding carboxylic acids is 1. The monoisotopic (exact) mass is 281 g/mol. The van der Waals surface area contributed by atoms with E-state index in [-0.39, 0.29) is 5.91 Å². The smallest absolute Gasteiger partial charge is 0.332 e. The van der Waals surface area contributed by atoms with Crippen molar-refractivity contribution in [3.05, 3.63) is 0 Å². The molecule has 0 aliphatic carbocycles. The van der Waals surface area contributed by atoms with Crippen molar-refractivity contribution in [1.29, 1.82) is 0 Å². The molecule has 0 rings (SSSR count). The second-order valence-corrected chi connectivity index (χ2v) is 4.37. The Morgan fingerprint density at radius 2 is 1.67 bits per heavy atom. The molecule has 7 nitrogen and oxygen atoms in total. The van der Waals surface area contributed by atoms with Crippen LogP contribution >= 0.6 is 11.8 Å². The predicted octanol–water partition coefficient (Wildman–Crippen LogP) is -0.219. The number of hydrogen-bond donors (Lipinski definition) is 4. The van der Waals surface area contributed by atoms with E-state index in [2.05, 4.69) is 5.32 Å². The summed E-state index contributed by atoms with van der Waals surface area (Å²) in [6.45, 7) is 2.51. The molecule has 0 spiro atoms. The van der Waals surface area contributed by atoms with Gasteiger partial charge in [-0.05, 0) is 25.4 Å². The minimum absolute atomic E-state index is 0.302. The van der Waals surface area contributed by atoms with Crippen molar-refractivity contribution in [3.63, 3.8) is 0 Å². The molecule has 0 saturated carbocycles. The van der Waals surface area contributed by atoms with Gasteiger partial charge in [0, 0.05) is 6.92 Å². The number of thioether (sulfide) groups is 1. The minimum atomic E-state index is -1.23. The number of nitrogens with one attached hydrogen (secondary N) is 1. The summed E-state index contributed by atoms with van der Waals surface area (Å²) in [5, 5.41) is 26.8. The van der Waals surface area contributed by atoms with Gasteiger partial charge in [0.25, 0.3) is 0 Å². The average molecular weight is 281 g/mol. The quantitative estimate of drug-likeness (QED) is 0.530. The summed E-state index contributed by atoms with van der Waals surface area (Å²) >= 11 is 1.56. The summed E-state index contributed by atoms with van der Waals surface area (Å²) in [4.78, 5) is 30.5. The summed E-state index contributed by atoms with van der Waals surface area (Å²) in [6, 6.07) is -0.741. The molecule has 1 amide bonds. The van der Waals surface area contributed by atoms with Gasteiger partial charge in [0.2, 0.25) is 5.91 Å². The number of aliphatic hydroxyl groups is 1. The first-order valence-electron chi connectivity index (χ1n) is 5.12. The normalized spacial score (nSPS) is 12.7. The molecule has 0 saturated heterocycles. The molecular weight excluding hydrogens is 262 g/mol. The third-order valence-corrected chi connectivity index (χ3v) is 2.29. The number of aliphatic carboxylic acids is 2. The van der Waals surface area contributed by atoms with E-state index < -0.39 is 24.1 Å². The van der Waals surface area contributed by atoms with E-state index in [4.69, 9.17) is 15.3 Å². The molecule has 0 aromatic rings. The SMILES string of the molecule is CC(O)C(=O)O.CSCC[C@H](NC(C)=O)C(=O)O. The van der Waals surface area contributed by atoms with Crippen LogP contribution in [0.5, 0.6) is 0 Å². The fourth-order valence-electron chi connectivity index (χ4n) is 0.738. The Balaban J connectivity index is 0. The molecule has 4 N–H and O–H groups in total. The number of amides is 1. The lowest BCUT2D eigenvalue weighted by Gasteiger charge is -2.11. The molecule has 8 heteroatoms. The highest BCUT2D eigenvalue weighted by atomic mass is 32.2. The van der Waals surface area contributed by atoms with Gasteiger partial charge in [-0.3, -0.25) is 4.79 Å². The lowest BCUT2D eigenvalue weighted by atomic mass is 10.2. The third-order valence-electron chi connectivity index (χ3n) is 1.64. The van der Waals surface area contributed by atoms with Crippen LogP contribution in [0.2, 0.25) is 0 Å². The van der Waals surface area contributed by atoms with E-state index in [0.29, 0.717) is 6.42 Å². The topological polar surface area (TPSA) is 124 Å². The molecule has 0 aliphatic heterocycles. The number of carbonyl (C=O) groups is 3. The zero-order valence-electron chi connectivity index (χ0n) is 10.5. The molecule has 106 valence electrons. The molecule has 0 fully saturated rings. The molecular formula is C10H19NO6S. The summed E-state index contributed by atoms with van der Waals surface area (Å²) in [7, 11) is 0. The Bertz CT molecular complexity index is 282. The molecule has 0 heterocycles. The van der Waals surface area contributed by atoms with Crippen molar-refractivity contribution in [2.24, 2.45) is 0 Å². The summed E-state index contributed by atoms with van der Waals surface area (Å²) in [5.74, 6) is -1.73. The molecule has 0 bridgehead atoms. The van der Waals surface area contributed by atoms with Gasteiger partial charge in [0.05, 0.1) is 0 Å². The Kier molecular flexibility index (Phi) is 11.5. The van der Waals surface area contributed by atoms with Gasteiger partial charge in [-0.15, -0.1) is 0 Å². The van der Waals surface area contributed by atoms with Crippen LogP contribution in [0.3, 0.4) is 0 Å². The zero-order chi connectivity index (χ0) is 14.7. The van der Waals surface area contributed by atoms with Gasteiger partial charge < -0.3 is 20.6 Å². The number of hydrogen-bond acceptors (Lipinski definition) is 5. The van der Waals surface area contributed by atoms with Crippen LogP contribution in [-0.2, 0) is 14.4 Å². The Hall–Kier alpha value is -1.28. The highest BCUT2D eigenvalue weighted by molar-refractivity contribution is 7.98. The van der Waals surface area contributed by atoms with Gasteiger partial charge in [-0.25, -0.2) is 9.59 Å². The first kappa shape index (κ1) is 19.1. The fourth-order valence-corrected chi connectivity index (χ4v) is 1.21. The molecule has 2 atom stereocenters. The maximum Gasteiger partial charge on any atom is 0.332 e. The molecule has 1 unspecified atom stereocenters. The fraction of sp³-hybridized carbons (Fsp3) is 0.700. The molecule has 0 aromatic heterocycles. The van der Waals surface area contributed by atoms with Crippen molar-refractivity contribution in [2.45, 2.75) is 32.4 Å². The van der Waals surface area contributed by atoms with Crippen molar-refractivity contribution < 1.29 is 29.7 Å². The van der Waals surface area contributed by atoms with E-state index >= 15 is 0 Å². The van der Waals surface area contributed by atoms with E-state index in [0.717, 1.165) is 5.75 Å². The number of carboxylic acids is 2. The number of carboxylic acid groups (broad SMARTS) is 2. The molecule has 18 heavy (non-hydrogen) atoms. The molecule has 0 radical (unpaired) electrons. The van der Waals surface area contributed by atoms with E-state index in [1.54, 1.807) is 11.8 Å². The van der Waals surface area contributed by atoms with Crippen LogP contribution < -0.4 is 5.32 Å². The maximum atomic E-state index is 10.5. The van der Waals surface area contributed by atoms with Gasteiger partial charge >= 0.3 is 11.9 Å². The first-order valence-corrected chi connectivity index (χ1v) is 6.51. The van der Waals surface area contributed by atoms with Crippen molar-refractivity contribution in [2.75, 3.05) is 12.0 Å². The summed E-state index contributed by atoms with van der Waals surface area (Å²) < 4.78 is 0. The second kappa shape index (κ2) is 10.8. The van der Waals surface area contributed by atoms with E-state index in [9.17, 15) is 14.4 Å². The van der Waals surface area contributed by atoms with E-state index in [1.807, 2.05) is 6.26 Å². The standard InChI is InChI=1S/C7H13NO3S.C3H6O3/c1-5(9)8-6(7(10)11)3-4-12-2;1-2(4)3(5)6/h6H,3-4H2,1-2H3,(H,8,9)(H,10,11);2,4H,1H3,(H,5,6)/t6-;/m0./s1. The molecule has 0 aliphatic rings. The summed E-state index contributed by atoms with van der Waals surface area (Å²) in [6.07, 6.45) is 1.13. The lowest BCUT2D eigenvalue weighted by Crippen LogP contribution is -2.39. The van der Waals surface area contributed by atoms with Crippen LogP contribution in [0, 0.1) is 0 Å². The highest BCUT2D eigenvalue weighted by Crippen LogP contribution is 2.00. The Labute approximate surface area is 110 Å². The molecule has 0 aromatic carbocycles. The highest BCUT2D eigenvalue weighted by Gasteiger charge is 2.16. The van der Waals surface area contributed by atoms with Crippen LogP contribution in [0.15, 0.2) is 0 Å². The number of rotatable bonds is 6. The predicted molar refractivity (Wildman–Crippen MR) is 67.6 cm³/mol. The third kappa shape index (κ3) is 12.8. The second-order valence-electron chi connectivity index (χ2n) is 3.39. The largest absolute Gasteiger partial charge is 0.480 e. The van der Waals surface area contributed by atoms with Gasteiger partial charge in [-0.1, -0.05) is 0 Å². The van der Waals surface area contributed by atoms with Gasteiger partial charge in [-0.2, -0.15) is 11.8 Å². The average Bonchev–Trinajstić information content (AvgIpc) is 2.24. The van der Waals surface area contributed by atoms with E-state index in [1.165, 1.54) is 13.8 Å². The van der Waals surface area contributed by atoms with Crippen LogP contribution in [0.1, 0.15) is 20.3 Å².